The maximum Gasteiger partial charge on any atom is 0.279 e. The van der Waals surface area contributed by atoms with Crippen LogP contribution in [0, 0.1) is 0 Å². The maximum absolute atomic E-state index is 12.1. The molecule has 0 bridgehead atoms. The fourth-order valence-electron chi connectivity index (χ4n) is 2.65. The van der Waals surface area contributed by atoms with E-state index in [9.17, 15) is 8.42 Å². The summed E-state index contributed by atoms with van der Waals surface area (Å²) in [5.41, 5.74) is 0. The fourth-order valence-corrected chi connectivity index (χ4v) is 4.17. The minimum absolute atomic E-state index is 0.137. The van der Waals surface area contributed by atoms with E-state index < -0.39 is 10.2 Å². The van der Waals surface area contributed by atoms with Crippen LogP contribution < -0.4 is 10.0 Å². The zero-order chi connectivity index (χ0) is 12.3. The van der Waals surface area contributed by atoms with E-state index >= 15 is 0 Å². The molecule has 2 rings (SSSR count). The van der Waals surface area contributed by atoms with Crippen molar-refractivity contribution in [3.8, 4) is 0 Å². The molecule has 0 spiro atoms. The van der Waals surface area contributed by atoms with Crippen LogP contribution in [-0.2, 0) is 10.2 Å². The molecule has 5 nitrogen and oxygen atoms in total. The molecule has 0 aliphatic carbocycles. The predicted octanol–water partition coefficient (Wildman–Crippen LogP) is 0.447. The maximum atomic E-state index is 12.1. The second kappa shape index (κ2) is 5.65. The first kappa shape index (κ1) is 13.3. The van der Waals surface area contributed by atoms with Gasteiger partial charge in [0.15, 0.2) is 0 Å². The molecule has 2 heterocycles. The summed E-state index contributed by atoms with van der Waals surface area (Å²) in [6, 6.07) is 0.447. The van der Waals surface area contributed by atoms with E-state index in [-0.39, 0.29) is 6.04 Å². The van der Waals surface area contributed by atoms with E-state index in [1.807, 2.05) is 6.92 Å². The molecule has 2 saturated heterocycles. The Hall–Kier alpha value is -0.170. The Kier molecular flexibility index (Phi) is 4.41. The van der Waals surface area contributed by atoms with Crippen LogP contribution in [-0.4, -0.2) is 44.4 Å². The second-order valence-electron chi connectivity index (χ2n) is 5.10. The molecule has 0 saturated carbocycles. The molecule has 6 heteroatoms. The highest BCUT2D eigenvalue weighted by Gasteiger charge is 2.29. The normalized spacial score (nSPS) is 31.8. The van der Waals surface area contributed by atoms with Crippen molar-refractivity contribution in [1.29, 1.82) is 0 Å². The standard InChI is InChI=1S/C11H23N3O2S/c1-10-5-2-3-8-14(10)17(15,16)13-9-11-6-4-7-12-11/h10-13H,2-9H2,1H3. The number of piperidine rings is 1. The van der Waals surface area contributed by atoms with Crippen molar-refractivity contribution in [3.05, 3.63) is 0 Å². The Morgan fingerprint density at radius 1 is 1.29 bits per heavy atom. The Balaban J connectivity index is 1.88. The lowest BCUT2D eigenvalue weighted by molar-refractivity contribution is 0.265. The molecule has 100 valence electrons. The van der Waals surface area contributed by atoms with Gasteiger partial charge in [-0.15, -0.1) is 0 Å². The van der Waals surface area contributed by atoms with E-state index in [2.05, 4.69) is 10.0 Å². The summed E-state index contributed by atoms with van der Waals surface area (Å²) in [6.45, 7) is 4.18. The van der Waals surface area contributed by atoms with Gasteiger partial charge in [-0.2, -0.15) is 12.7 Å². The van der Waals surface area contributed by atoms with Crippen molar-refractivity contribution in [1.82, 2.24) is 14.3 Å². The summed E-state index contributed by atoms with van der Waals surface area (Å²) >= 11 is 0. The molecule has 0 aromatic carbocycles. The molecule has 2 N–H and O–H groups in total. The first-order valence-corrected chi connectivity index (χ1v) is 8.03. The molecule has 17 heavy (non-hydrogen) atoms. The third-order valence-electron chi connectivity index (χ3n) is 3.73. The second-order valence-corrected chi connectivity index (χ2v) is 6.81. The van der Waals surface area contributed by atoms with E-state index in [0.717, 1.165) is 38.6 Å². The van der Waals surface area contributed by atoms with Crippen molar-refractivity contribution in [2.75, 3.05) is 19.6 Å². The molecule has 2 aliphatic rings. The highest BCUT2D eigenvalue weighted by molar-refractivity contribution is 7.87. The van der Waals surface area contributed by atoms with Crippen LogP contribution in [0.25, 0.3) is 0 Å². The highest BCUT2D eigenvalue weighted by atomic mass is 32.2. The summed E-state index contributed by atoms with van der Waals surface area (Å²) in [6.07, 6.45) is 5.30. The molecular weight excluding hydrogens is 238 g/mol. The Morgan fingerprint density at radius 2 is 2.12 bits per heavy atom. The van der Waals surface area contributed by atoms with Gasteiger partial charge in [0.05, 0.1) is 0 Å². The van der Waals surface area contributed by atoms with Crippen LogP contribution in [0.15, 0.2) is 0 Å². The van der Waals surface area contributed by atoms with Gasteiger partial charge in [-0.25, -0.2) is 4.72 Å². The molecule has 0 aromatic rings. The van der Waals surface area contributed by atoms with Gasteiger partial charge in [0.2, 0.25) is 0 Å². The van der Waals surface area contributed by atoms with Crippen LogP contribution >= 0.6 is 0 Å². The molecule has 2 unspecified atom stereocenters. The Morgan fingerprint density at radius 3 is 2.76 bits per heavy atom. The Bertz CT molecular complexity index is 339. The van der Waals surface area contributed by atoms with Gasteiger partial charge in [-0.1, -0.05) is 6.42 Å². The van der Waals surface area contributed by atoms with E-state index in [1.54, 1.807) is 4.31 Å². The summed E-state index contributed by atoms with van der Waals surface area (Å²) in [5.74, 6) is 0. The van der Waals surface area contributed by atoms with E-state index in [4.69, 9.17) is 0 Å². The first-order chi connectivity index (χ1) is 8.09. The van der Waals surface area contributed by atoms with E-state index in [1.165, 1.54) is 0 Å². The topological polar surface area (TPSA) is 61.4 Å². The summed E-state index contributed by atoms with van der Waals surface area (Å²) in [5, 5.41) is 3.30. The third kappa shape index (κ3) is 3.40. The van der Waals surface area contributed by atoms with Gasteiger partial charge in [-0.05, 0) is 39.2 Å². The summed E-state index contributed by atoms with van der Waals surface area (Å²) in [7, 11) is -3.28. The number of hydrogen-bond acceptors (Lipinski definition) is 3. The Labute approximate surface area is 104 Å². The van der Waals surface area contributed by atoms with Crippen molar-refractivity contribution in [2.24, 2.45) is 0 Å². The minimum Gasteiger partial charge on any atom is -0.313 e. The first-order valence-electron chi connectivity index (χ1n) is 6.59. The van der Waals surface area contributed by atoms with Gasteiger partial charge in [0.25, 0.3) is 10.2 Å². The van der Waals surface area contributed by atoms with Crippen LogP contribution in [0.5, 0.6) is 0 Å². The molecule has 2 fully saturated rings. The lowest BCUT2D eigenvalue weighted by Gasteiger charge is -2.32. The van der Waals surface area contributed by atoms with Crippen LogP contribution in [0.1, 0.15) is 39.0 Å². The minimum atomic E-state index is -3.28. The van der Waals surface area contributed by atoms with Gasteiger partial charge in [-0.3, -0.25) is 0 Å². The van der Waals surface area contributed by atoms with Gasteiger partial charge >= 0.3 is 0 Å². The van der Waals surface area contributed by atoms with Gasteiger partial charge in [0.1, 0.15) is 0 Å². The third-order valence-corrected chi connectivity index (χ3v) is 5.42. The molecule has 0 aromatic heterocycles. The molecule has 0 radical (unpaired) electrons. The van der Waals surface area contributed by atoms with Crippen LogP contribution in [0.3, 0.4) is 0 Å². The largest absolute Gasteiger partial charge is 0.313 e. The van der Waals surface area contributed by atoms with Gasteiger partial charge in [0, 0.05) is 25.2 Å². The van der Waals surface area contributed by atoms with Crippen LogP contribution in [0.4, 0.5) is 0 Å². The highest BCUT2D eigenvalue weighted by Crippen LogP contribution is 2.19. The average molecular weight is 261 g/mol. The zero-order valence-corrected chi connectivity index (χ0v) is 11.3. The summed E-state index contributed by atoms with van der Waals surface area (Å²) < 4.78 is 28.6. The van der Waals surface area contributed by atoms with E-state index in [0.29, 0.717) is 19.1 Å². The molecule has 2 atom stereocenters. The number of rotatable bonds is 4. The number of nitrogens with zero attached hydrogens (tertiary/aromatic N) is 1. The number of nitrogens with one attached hydrogen (secondary N) is 2. The van der Waals surface area contributed by atoms with Crippen LogP contribution in [0.2, 0.25) is 0 Å². The lowest BCUT2D eigenvalue weighted by Crippen LogP contribution is -2.50. The lowest BCUT2D eigenvalue weighted by atomic mass is 10.1. The van der Waals surface area contributed by atoms with Crippen molar-refractivity contribution in [3.63, 3.8) is 0 Å². The fraction of sp³-hybridized carbons (Fsp3) is 1.00. The molecule has 2 aliphatic heterocycles. The van der Waals surface area contributed by atoms with Crippen molar-refractivity contribution >= 4 is 10.2 Å². The molecular formula is C11H23N3O2S. The predicted molar refractivity (Wildman–Crippen MR) is 68.0 cm³/mol. The van der Waals surface area contributed by atoms with Gasteiger partial charge < -0.3 is 5.32 Å². The van der Waals surface area contributed by atoms with Crippen molar-refractivity contribution in [2.45, 2.75) is 51.1 Å². The summed E-state index contributed by atoms with van der Waals surface area (Å²) in [4.78, 5) is 0. The number of hydrogen-bond donors (Lipinski definition) is 2. The SMILES string of the molecule is CC1CCCCN1S(=O)(=O)NCC1CCCN1. The molecule has 0 amide bonds. The monoisotopic (exact) mass is 261 g/mol. The quantitative estimate of drug-likeness (QED) is 0.772. The smallest absolute Gasteiger partial charge is 0.279 e. The average Bonchev–Trinajstić information content (AvgIpc) is 2.80. The van der Waals surface area contributed by atoms with Crippen molar-refractivity contribution < 1.29 is 8.42 Å². The zero-order valence-electron chi connectivity index (χ0n) is 10.5.